The summed E-state index contributed by atoms with van der Waals surface area (Å²) in [6, 6.07) is 19.8. The molecule has 0 fully saturated rings. The van der Waals surface area contributed by atoms with Gasteiger partial charge in [0.05, 0.1) is 0 Å². The van der Waals surface area contributed by atoms with Crippen LogP contribution in [0.15, 0.2) is 66.7 Å². The first-order valence-corrected chi connectivity index (χ1v) is 9.92. The number of ether oxygens (including phenoxy) is 2. The zero-order chi connectivity index (χ0) is 20.9. The van der Waals surface area contributed by atoms with E-state index in [1.807, 2.05) is 42.5 Å². The summed E-state index contributed by atoms with van der Waals surface area (Å²) in [6.07, 6.45) is 4.26. The SMILES string of the molecule is CCc1cccc2c1[nH]c1cc(NC(=O)/C=C/c3ccc(OCOC)cc3)ccc12. The summed E-state index contributed by atoms with van der Waals surface area (Å²) < 4.78 is 10.2. The van der Waals surface area contributed by atoms with Gasteiger partial charge in [-0.3, -0.25) is 4.79 Å². The predicted octanol–water partition coefficient (Wildman–Crippen LogP) is 5.52. The Morgan fingerprint density at radius 1 is 1.07 bits per heavy atom. The normalized spacial score (nSPS) is 11.4. The molecule has 152 valence electrons. The molecular weight excluding hydrogens is 376 g/mol. The fourth-order valence-electron chi connectivity index (χ4n) is 3.52. The van der Waals surface area contributed by atoms with Crippen LogP contribution in [0, 0.1) is 0 Å². The molecule has 0 aliphatic carbocycles. The van der Waals surface area contributed by atoms with E-state index in [4.69, 9.17) is 9.47 Å². The summed E-state index contributed by atoms with van der Waals surface area (Å²) >= 11 is 0. The number of hydrogen-bond acceptors (Lipinski definition) is 3. The van der Waals surface area contributed by atoms with Gasteiger partial charge < -0.3 is 19.8 Å². The summed E-state index contributed by atoms with van der Waals surface area (Å²) in [5, 5.41) is 5.30. The highest BCUT2D eigenvalue weighted by Crippen LogP contribution is 2.29. The second kappa shape index (κ2) is 8.84. The van der Waals surface area contributed by atoms with Crippen LogP contribution in [0.1, 0.15) is 18.1 Å². The maximum Gasteiger partial charge on any atom is 0.248 e. The summed E-state index contributed by atoms with van der Waals surface area (Å²) in [4.78, 5) is 15.9. The number of aryl methyl sites for hydroxylation is 1. The highest BCUT2D eigenvalue weighted by atomic mass is 16.7. The van der Waals surface area contributed by atoms with Crippen molar-refractivity contribution in [2.45, 2.75) is 13.3 Å². The molecular formula is C25H24N2O3. The van der Waals surface area contributed by atoms with E-state index >= 15 is 0 Å². The van der Waals surface area contributed by atoms with E-state index in [0.717, 1.165) is 39.8 Å². The van der Waals surface area contributed by atoms with Crippen LogP contribution in [-0.4, -0.2) is 24.8 Å². The number of aromatic nitrogens is 1. The van der Waals surface area contributed by atoms with Gasteiger partial charge in [-0.05, 0) is 47.9 Å². The zero-order valence-corrected chi connectivity index (χ0v) is 17.1. The number of hydrogen-bond donors (Lipinski definition) is 2. The Bertz CT molecular complexity index is 1210. The van der Waals surface area contributed by atoms with Gasteiger partial charge in [-0.25, -0.2) is 0 Å². The van der Waals surface area contributed by atoms with Crippen molar-refractivity contribution in [2.75, 3.05) is 19.2 Å². The minimum atomic E-state index is -0.181. The second-order valence-electron chi connectivity index (χ2n) is 7.02. The first kappa shape index (κ1) is 19.7. The van der Waals surface area contributed by atoms with Crippen LogP contribution in [0.25, 0.3) is 27.9 Å². The molecule has 0 saturated heterocycles. The van der Waals surface area contributed by atoms with E-state index in [1.54, 1.807) is 13.2 Å². The van der Waals surface area contributed by atoms with E-state index < -0.39 is 0 Å². The number of methoxy groups -OCH3 is 1. The number of carbonyl (C=O) groups excluding carboxylic acids is 1. The van der Waals surface area contributed by atoms with E-state index in [1.165, 1.54) is 17.0 Å². The number of nitrogens with one attached hydrogen (secondary N) is 2. The Morgan fingerprint density at radius 3 is 2.67 bits per heavy atom. The van der Waals surface area contributed by atoms with Gasteiger partial charge in [-0.15, -0.1) is 0 Å². The molecule has 0 atom stereocenters. The Morgan fingerprint density at radius 2 is 1.90 bits per heavy atom. The first-order valence-electron chi connectivity index (χ1n) is 9.92. The fourth-order valence-corrected chi connectivity index (χ4v) is 3.52. The largest absolute Gasteiger partial charge is 0.468 e. The maximum absolute atomic E-state index is 12.4. The smallest absolute Gasteiger partial charge is 0.248 e. The summed E-state index contributed by atoms with van der Waals surface area (Å²) in [6.45, 7) is 2.36. The van der Waals surface area contributed by atoms with Crippen LogP contribution in [0.4, 0.5) is 5.69 Å². The molecule has 3 aromatic carbocycles. The van der Waals surface area contributed by atoms with Crippen molar-refractivity contribution >= 4 is 39.5 Å². The monoisotopic (exact) mass is 400 g/mol. The van der Waals surface area contributed by atoms with Crippen molar-refractivity contribution in [2.24, 2.45) is 0 Å². The minimum absolute atomic E-state index is 0.181. The van der Waals surface area contributed by atoms with E-state index in [-0.39, 0.29) is 12.7 Å². The van der Waals surface area contributed by atoms with Crippen molar-refractivity contribution in [1.82, 2.24) is 4.98 Å². The van der Waals surface area contributed by atoms with Gasteiger partial charge in [0.1, 0.15) is 5.75 Å². The highest BCUT2D eigenvalue weighted by molar-refractivity contribution is 6.10. The Balaban J connectivity index is 1.47. The van der Waals surface area contributed by atoms with Gasteiger partial charge in [0.2, 0.25) is 5.91 Å². The quantitative estimate of drug-likeness (QED) is 0.317. The van der Waals surface area contributed by atoms with Crippen molar-refractivity contribution in [3.63, 3.8) is 0 Å². The number of fused-ring (bicyclic) bond motifs is 3. The molecule has 2 N–H and O–H groups in total. The number of aromatic amines is 1. The molecule has 30 heavy (non-hydrogen) atoms. The Kier molecular flexibility index (Phi) is 5.82. The summed E-state index contributed by atoms with van der Waals surface area (Å²) in [5.41, 5.74) is 5.13. The molecule has 5 heteroatoms. The van der Waals surface area contributed by atoms with Gasteiger partial charge in [-0.1, -0.05) is 43.3 Å². The lowest BCUT2D eigenvalue weighted by molar-refractivity contribution is -0.111. The van der Waals surface area contributed by atoms with E-state index in [2.05, 4.69) is 35.4 Å². The first-order chi connectivity index (χ1) is 14.7. The number of carbonyl (C=O) groups is 1. The van der Waals surface area contributed by atoms with Gasteiger partial charge >= 0.3 is 0 Å². The molecule has 0 unspecified atom stereocenters. The molecule has 5 nitrogen and oxygen atoms in total. The number of anilines is 1. The van der Waals surface area contributed by atoms with Gasteiger partial charge in [-0.2, -0.15) is 0 Å². The minimum Gasteiger partial charge on any atom is -0.468 e. The number of amides is 1. The van der Waals surface area contributed by atoms with E-state index in [0.29, 0.717) is 0 Å². The highest BCUT2D eigenvalue weighted by Gasteiger charge is 2.08. The van der Waals surface area contributed by atoms with Gasteiger partial charge in [0.25, 0.3) is 0 Å². The third-order valence-corrected chi connectivity index (χ3v) is 5.02. The number of rotatable bonds is 7. The molecule has 1 heterocycles. The third-order valence-electron chi connectivity index (χ3n) is 5.02. The second-order valence-corrected chi connectivity index (χ2v) is 7.02. The lowest BCUT2D eigenvalue weighted by Crippen LogP contribution is -2.07. The predicted molar refractivity (Wildman–Crippen MR) is 122 cm³/mol. The lowest BCUT2D eigenvalue weighted by atomic mass is 10.1. The molecule has 0 radical (unpaired) electrons. The molecule has 1 amide bonds. The van der Waals surface area contributed by atoms with Crippen LogP contribution in [0.2, 0.25) is 0 Å². The van der Waals surface area contributed by atoms with Crippen LogP contribution in [-0.2, 0) is 16.0 Å². The zero-order valence-electron chi connectivity index (χ0n) is 17.1. The van der Waals surface area contributed by atoms with Crippen LogP contribution < -0.4 is 10.1 Å². The number of H-pyrrole nitrogens is 1. The van der Waals surface area contributed by atoms with Crippen molar-refractivity contribution in [3.05, 3.63) is 77.9 Å². The lowest BCUT2D eigenvalue weighted by Gasteiger charge is -2.04. The van der Waals surface area contributed by atoms with Gasteiger partial charge in [0, 0.05) is 40.7 Å². The number of para-hydroxylation sites is 1. The van der Waals surface area contributed by atoms with Gasteiger partial charge in [0.15, 0.2) is 6.79 Å². The molecule has 0 aliphatic heterocycles. The molecule has 0 saturated carbocycles. The average Bonchev–Trinajstić information content (AvgIpc) is 3.15. The average molecular weight is 400 g/mol. The van der Waals surface area contributed by atoms with E-state index in [9.17, 15) is 4.79 Å². The van der Waals surface area contributed by atoms with Crippen molar-refractivity contribution in [3.8, 4) is 5.75 Å². The fraction of sp³-hybridized carbons (Fsp3) is 0.160. The molecule has 1 aromatic heterocycles. The topological polar surface area (TPSA) is 63.4 Å². The molecule has 4 rings (SSSR count). The summed E-state index contributed by atoms with van der Waals surface area (Å²) in [7, 11) is 1.58. The molecule has 0 aliphatic rings. The Labute approximate surface area is 175 Å². The van der Waals surface area contributed by atoms with Crippen molar-refractivity contribution < 1.29 is 14.3 Å². The van der Waals surface area contributed by atoms with Crippen molar-refractivity contribution in [1.29, 1.82) is 0 Å². The molecule has 0 bridgehead atoms. The standard InChI is InChI=1S/C25H24N2O3/c1-3-18-5-4-6-22-21-13-10-19(15-23(21)27-25(18)22)26-24(28)14-9-17-7-11-20(12-8-17)30-16-29-2/h4-15,27H,3,16H2,1-2H3,(H,26,28)/b14-9+. The molecule has 4 aromatic rings. The maximum atomic E-state index is 12.4. The molecule has 0 spiro atoms. The number of benzene rings is 3. The third kappa shape index (κ3) is 4.21. The summed E-state index contributed by atoms with van der Waals surface area (Å²) in [5.74, 6) is 0.538. The van der Waals surface area contributed by atoms with Crippen LogP contribution >= 0.6 is 0 Å². The Hall–Kier alpha value is -3.57. The van der Waals surface area contributed by atoms with Crippen LogP contribution in [0.5, 0.6) is 5.75 Å². The van der Waals surface area contributed by atoms with Crippen LogP contribution in [0.3, 0.4) is 0 Å².